The van der Waals surface area contributed by atoms with Gasteiger partial charge in [0, 0.05) is 6.04 Å². The van der Waals surface area contributed by atoms with Gasteiger partial charge in [0.05, 0.1) is 5.75 Å². The molecule has 7 heteroatoms. The highest BCUT2D eigenvalue weighted by molar-refractivity contribution is 7.99. The Morgan fingerprint density at radius 2 is 2.05 bits per heavy atom. The summed E-state index contributed by atoms with van der Waals surface area (Å²) >= 11 is 1.06. The number of carboxylic acids is 1. The summed E-state index contributed by atoms with van der Waals surface area (Å²) in [5.74, 6) is -1.03. The Balaban J connectivity index is 1.87. The molecule has 0 aliphatic heterocycles. The zero-order valence-electron chi connectivity index (χ0n) is 10.6. The molecule has 0 bridgehead atoms. The third-order valence-corrected chi connectivity index (χ3v) is 4.33. The fraction of sp³-hybridized carbons (Fsp3) is 0.308. The number of carboxylic acid groups (broad SMARTS) is 1. The van der Waals surface area contributed by atoms with Crippen LogP contribution in [0.2, 0.25) is 0 Å². The van der Waals surface area contributed by atoms with Crippen molar-refractivity contribution in [2.75, 3.05) is 5.75 Å². The predicted molar refractivity (Wildman–Crippen MR) is 74.1 cm³/mol. The summed E-state index contributed by atoms with van der Waals surface area (Å²) in [6.07, 6.45) is 1.55. The Kier molecular flexibility index (Phi) is 3.35. The molecule has 1 heterocycles. The number of hydrogen-bond donors (Lipinski definition) is 2. The first-order valence-corrected chi connectivity index (χ1v) is 7.22. The average molecular weight is 291 g/mol. The average Bonchev–Trinajstić information content (AvgIpc) is 2.99. The highest BCUT2D eigenvalue weighted by Crippen LogP contribution is 2.31. The largest absolute Gasteiger partial charge is 0.481 e. The van der Waals surface area contributed by atoms with Gasteiger partial charge < -0.3 is 5.11 Å². The van der Waals surface area contributed by atoms with Crippen LogP contribution in [0.15, 0.2) is 34.2 Å². The van der Waals surface area contributed by atoms with Crippen molar-refractivity contribution in [2.24, 2.45) is 0 Å². The van der Waals surface area contributed by atoms with Crippen molar-refractivity contribution in [1.82, 2.24) is 14.8 Å². The molecule has 0 radical (unpaired) electrons. The van der Waals surface area contributed by atoms with Crippen LogP contribution in [-0.4, -0.2) is 31.6 Å². The van der Waals surface area contributed by atoms with E-state index in [1.165, 1.54) is 11.1 Å². The van der Waals surface area contributed by atoms with Gasteiger partial charge in [-0.25, -0.2) is 9.89 Å². The summed E-state index contributed by atoms with van der Waals surface area (Å²) in [5.41, 5.74) is 2.19. The monoisotopic (exact) mass is 291 g/mol. The molecular formula is C13H13N3O3S. The number of aliphatic carboxylic acids is 1. The lowest BCUT2D eigenvalue weighted by atomic mass is 10.1. The molecule has 0 saturated carbocycles. The maximum absolute atomic E-state index is 11.9. The highest BCUT2D eigenvalue weighted by Gasteiger charge is 2.26. The number of nitrogens with zero attached hydrogens (tertiary/aromatic N) is 2. The van der Waals surface area contributed by atoms with Crippen LogP contribution in [0.1, 0.15) is 17.2 Å². The number of carbonyl (C=O) groups is 1. The van der Waals surface area contributed by atoms with E-state index in [9.17, 15) is 9.59 Å². The molecule has 6 nitrogen and oxygen atoms in total. The molecule has 0 atom stereocenters. The Hall–Kier alpha value is -2.02. The number of thioether (sulfide) groups is 1. The van der Waals surface area contributed by atoms with Crippen LogP contribution in [0, 0.1) is 0 Å². The van der Waals surface area contributed by atoms with Gasteiger partial charge in [-0.05, 0) is 24.0 Å². The number of hydrogen-bond acceptors (Lipinski definition) is 4. The molecule has 3 rings (SSSR count). The van der Waals surface area contributed by atoms with E-state index in [-0.39, 0.29) is 17.5 Å². The smallest absolute Gasteiger partial charge is 0.344 e. The van der Waals surface area contributed by atoms with E-state index in [2.05, 4.69) is 22.3 Å². The van der Waals surface area contributed by atoms with Crippen LogP contribution >= 0.6 is 11.8 Å². The lowest BCUT2D eigenvalue weighted by Gasteiger charge is -2.11. The van der Waals surface area contributed by atoms with Crippen LogP contribution in [0.5, 0.6) is 0 Å². The van der Waals surface area contributed by atoms with Crippen LogP contribution in [0.25, 0.3) is 0 Å². The van der Waals surface area contributed by atoms with Gasteiger partial charge in [0.25, 0.3) is 0 Å². The summed E-state index contributed by atoms with van der Waals surface area (Å²) in [4.78, 5) is 22.6. The van der Waals surface area contributed by atoms with E-state index in [4.69, 9.17) is 5.11 Å². The first kappa shape index (κ1) is 13.0. The van der Waals surface area contributed by atoms with E-state index >= 15 is 0 Å². The van der Waals surface area contributed by atoms with Crippen molar-refractivity contribution in [1.29, 1.82) is 0 Å². The molecule has 0 fully saturated rings. The van der Waals surface area contributed by atoms with Crippen molar-refractivity contribution in [3.05, 3.63) is 45.9 Å². The maximum atomic E-state index is 11.9. The van der Waals surface area contributed by atoms with Gasteiger partial charge in [0.15, 0.2) is 5.16 Å². The summed E-state index contributed by atoms with van der Waals surface area (Å²) in [5, 5.41) is 15.5. The molecule has 20 heavy (non-hydrogen) atoms. The van der Waals surface area contributed by atoms with Gasteiger partial charge >= 0.3 is 11.7 Å². The SMILES string of the molecule is O=C(O)CSc1n[nH]c(=O)n1C1Cc2ccccc2C1. The maximum Gasteiger partial charge on any atom is 0.344 e. The lowest BCUT2D eigenvalue weighted by Crippen LogP contribution is -2.23. The van der Waals surface area contributed by atoms with Crippen LogP contribution in [-0.2, 0) is 17.6 Å². The standard InChI is InChI=1S/C13H13N3O3S/c17-11(18)7-20-13-15-14-12(19)16(13)10-5-8-3-1-2-4-9(8)6-10/h1-4,10H,5-7H2,(H,14,19)(H,17,18). The Labute approximate surface area is 118 Å². The van der Waals surface area contributed by atoms with Crippen molar-refractivity contribution >= 4 is 17.7 Å². The van der Waals surface area contributed by atoms with Gasteiger partial charge in [0.2, 0.25) is 0 Å². The molecule has 104 valence electrons. The first-order chi connectivity index (χ1) is 9.65. The Morgan fingerprint density at radius 3 is 2.65 bits per heavy atom. The molecule has 1 aliphatic carbocycles. The molecule has 2 N–H and O–H groups in total. The summed E-state index contributed by atoms with van der Waals surface area (Å²) in [7, 11) is 0. The lowest BCUT2D eigenvalue weighted by molar-refractivity contribution is -0.133. The van der Waals surface area contributed by atoms with Gasteiger partial charge in [-0.15, -0.1) is 5.10 Å². The van der Waals surface area contributed by atoms with Crippen LogP contribution in [0.4, 0.5) is 0 Å². The quantitative estimate of drug-likeness (QED) is 0.823. The highest BCUT2D eigenvalue weighted by atomic mass is 32.2. The summed E-state index contributed by atoms with van der Waals surface area (Å²) < 4.78 is 1.58. The third kappa shape index (κ3) is 2.36. The van der Waals surface area contributed by atoms with Gasteiger partial charge in [-0.3, -0.25) is 9.36 Å². The van der Waals surface area contributed by atoms with E-state index in [1.54, 1.807) is 4.57 Å². The fourth-order valence-corrected chi connectivity index (χ4v) is 3.29. The van der Waals surface area contributed by atoms with Crippen molar-refractivity contribution in [3.63, 3.8) is 0 Å². The van der Waals surface area contributed by atoms with Gasteiger partial charge in [0.1, 0.15) is 0 Å². The molecule has 0 amide bonds. The topological polar surface area (TPSA) is 88.0 Å². The Morgan fingerprint density at radius 1 is 1.40 bits per heavy atom. The van der Waals surface area contributed by atoms with E-state index in [0.29, 0.717) is 5.16 Å². The van der Waals surface area contributed by atoms with Crippen molar-refractivity contribution < 1.29 is 9.90 Å². The zero-order chi connectivity index (χ0) is 14.1. The normalized spacial score (nSPS) is 14.4. The number of aromatic nitrogens is 3. The molecule has 0 spiro atoms. The molecule has 2 aromatic rings. The molecule has 0 unspecified atom stereocenters. The van der Waals surface area contributed by atoms with Crippen LogP contribution in [0.3, 0.4) is 0 Å². The minimum Gasteiger partial charge on any atom is -0.481 e. The summed E-state index contributed by atoms with van der Waals surface area (Å²) in [6, 6.07) is 8.10. The third-order valence-electron chi connectivity index (χ3n) is 3.39. The summed E-state index contributed by atoms with van der Waals surface area (Å²) in [6.45, 7) is 0. The molecule has 1 aromatic heterocycles. The zero-order valence-corrected chi connectivity index (χ0v) is 11.4. The molecular weight excluding hydrogens is 278 g/mol. The predicted octanol–water partition coefficient (Wildman–Crippen LogP) is 1.09. The fourth-order valence-electron chi connectivity index (χ4n) is 2.56. The number of benzene rings is 1. The molecule has 1 aliphatic rings. The Bertz CT molecular complexity index is 682. The van der Waals surface area contributed by atoms with Crippen molar-refractivity contribution in [2.45, 2.75) is 24.0 Å². The second-order valence-electron chi connectivity index (χ2n) is 4.69. The van der Waals surface area contributed by atoms with Crippen LogP contribution < -0.4 is 5.69 Å². The van der Waals surface area contributed by atoms with E-state index in [1.807, 2.05) is 12.1 Å². The minimum atomic E-state index is -0.924. The van der Waals surface area contributed by atoms with Gasteiger partial charge in [-0.2, -0.15) is 0 Å². The minimum absolute atomic E-state index is 0.00921. The number of aromatic amines is 1. The molecule has 1 aromatic carbocycles. The van der Waals surface area contributed by atoms with E-state index in [0.717, 1.165) is 24.6 Å². The van der Waals surface area contributed by atoms with Gasteiger partial charge in [-0.1, -0.05) is 36.0 Å². The molecule has 0 saturated heterocycles. The first-order valence-electron chi connectivity index (χ1n) is 6.23. The second-order valence-corrected chi connectivity index (χ2v) is 5.64. The number of H-pyrrole nitrogens is 1. The van der Waals surface area contributed by atoms with Crippen molar-refractivity contribution in [3.8, 4) is 0 Å². The number of nitrogens with one attached hydrogen (secondary N) is 1. The van der Waals surface area contributed by atoms with E-state index < -0.39 is 5.97 Å². The number of rotatable bonds is 4. The number of fused-ring (bicyclic) bond motifs is 1. The second kappa shape index (κ2) is 5.16.